The highest BCUT2D eigenvalue weighted by atomic mass is 35.5. The number of rotatable bonds is 5. The van der Waals surface area contributed by atoms with Gasteiger partial charge in [-0.15, -0.1) is 0 Å². The molecule has 3 heterocycles. The highest BCUT2D eigenvalue weighted by Gasteiger charge is 2.48. The second-order valence-corrected chi connectivity index (χ2v) is 8.26. The third-order valence-electron chi connectivity index (χ3n) is 5.94. The van der Waals surface area contributed by atoms with E-state index >= 15 is 0 Å². The molecular weight excluding hydrogens is 400 g/mol. The van der Waals surface area contributed by atoms with Gasteiger partial charge in [0.2, 0.25) is 0 Å². The monoisotopic (exact) mass is 420 g/mol. The van der Waals surface area contributed by atoms with E-state index in [1.54, 1.807) is 31.2 Å². The molecule has 1 amide bonds. The van der Waals surface area contributed by atoms with E-state index in [1.165, 1.54) is 0 Å². The van der Waals surface area contributed by atoms with Crippen LogP contribution in [-0.4, -0.2) is 32.9 Å². The molecule has 152 valence electrons. The first kappa shape index (κ1) is 20.1. The fourth-order valence-electron chi connectivity index (χ4n) is 4.49. The van der Waals surface area contributed by atoms with E-state index in [-0.39, 0.29) is 35.0 Å². The van der Waals surface area contributed by atoms with Crippen LogP contribution >= 0.6 is 11.6 Å². The van der Waals surface area contributed by atoms with Crippen LogP contribution in [-0.2, 0) is 6.42 Å². The summed E-state index contributed by atoms with van der Waals surface area (Å²) in [5.41, 5.74) is 1.61. The van der Waals surface area contributed by atoms with Gasteiger partial charge in [0.25, 0.3) is 5.91 Å². The van der Waals surface area contributed by atoms with Gasteiger partial charge in [-0.1, -0.05) is 29.8 Å². The number of anilines is 1. The summed E-state index contributed by atoms with van der Waals surface area (Å²) < 4.78 is 0. The molecule has 0 radical (unpaired) electrons. The maximum Gasteiger partial charge on any atom is 0.256 e. The third kappa shape index (κ3) is 3.69. The molecule has 2 saturated heterocycles. The Balaban J connectivity index is 1.71. The smallest absolute Gasteiger partial charge is 0.256 e. The lowest BCUT2D eigenvalue weighted by Crippen LogP contribution is -2.26. The van der Waals surface area contributed by atoms with Crippen molar-refractivity contribution in [3.8, 4) is 12.3 Å². The SMILES string of the molecule is CC(C#N)Cc1nc(NC(=O)c2ccccc2)c([C@@H]2C[C@@H]3CC[C@H]2N3C#N)nc1Cl. The lowest BCUT2D eigenvalue weighted by molar-refractivity contribution is 0.102. The standard InChI is InChI=1S/C22H21ClN6O/c1-13(11-24)9-17-20(23)27-19(16-10-15-7-8-18(16)29(15)12-25)21(26-17)28-22(30)14-5-3-2-4-6-14/h2-6,13,15-16,18H,7-10H2,1H3,(H,26,28,30)/t13?,15-,16+,18+/m0/s1. The zero-order chi connectivity index (χ0) is 21.3. The molecule has 0 aliphatic carbocycles. The molecule has 1 unspecified atom stereocenters. The van der Waals surface area contributed by atoms with Gasteiger partial charge in [0.05, 0.1) is 17.5 Å². The summed E-state index contributed by atoms with van der Waals surface area (Å²) >= 11 is 6.43. The molecular formula is C22H21ClN6O. The molecule has 2 aliphatic rings. The zero-order valence-corrected chi connectivity index (χ0v) is 17.3. The number of hydrogen-bond acceptors (Lipinski definition) is 6. The van der Waals surface area contributed by atoms with Crippen molar-refractivity contribution in [3.63, 3.8) is 0 Å². The topological polar surface area (TPSA) is 106 Å². The van der Waals surface area contributed by atoms with Crippen LogP contribution in [0, 0.1) is 28.7 Å². The van der Waals surface area contributed by atoms with Crippen molar-refractivity contribution in [1.29, 1.82) is 10.5 Å². The second kappa shape index (κ2) is 8.30. The van der Waals surface area contributed by atoms with Crippen molar-refractivity contribution in [1.82, 2.24) is 14.9 Å². The molecule has 2 aromatic rings. The molecule has 8 heteroatoms. The molecule has 1 aromatic carbocycles. The first-order valence-electron chi connectivity index (χ1n) is 10.0. The number of benzene rings is 1. The van der Waals surface area contributed by atoms with E-state index in [4.69, 9.17) is 16.9 Å². The number of nitriles is 2. The van der Waals surface area contributed by atoms with Gasteiger partial charge in [0.1, 0.15) is 0 Å². The van der Waals surface area contributed by atoms with Crippen molar-refractivity contribution < 1.29 is 4.79 Å². The number of amides is 1. The molecule has 2 bridgehead atoms. The Morgan fingerprint density at radius 2 is 2.07 bits per heavy atom. The van der Waals surface area contributed by atoms with Gasteiger partial charge in [-0.25, -0.2) is 9.97 Å². The first-order valence-corrected chi connectivity index (χ1v) is 10.4. The summed E-state index contributed by atoms with van der Waals surface area (Å²) in [4.78, 5) is 23.9. The maximum absolute atomic E-state index is 12.8. The van der Waals surface area contributed by atoms with Crippen LogP contribution in [0.25, 0.3) is 0 Å². The van der Waals surface area contributed by atoms with Crippen LogP contribution in [0.4, 0.5) is 5.82 Å². The molecule has 0 saturated carbocycles. The first-order chi connectivity index (χ1) is 14.5. The molecule has 4 atom stereocenters. The molecule has 1 N–H and O–H groups in total. The summed E-state index contributed by atoms with van der Waals surface area (Å²) in [5.74, 6) is -0.226. The van der Waals surface area contributed by atoms with Gasteiger partial charge in [0, 0.05) is 35.9 Å². The summed E-state index contributed by atoms with van der Waals surface area (Å²) in [7, 11) is 0. The zero-order valence-electron chi connectivity index (χ0n) is 16.5. The number of fused-ring (bicyclic) bond motifs is 2. The van der Waals surface area contributed by atoms with E-state index in [0.29, 0.717) is 29.2 Å². The van der Waals surface area contributed by atoms with Crippen LogP contribution in [0.15, 0.2) is 30.3 Å². The van der Waals surface area contributed by atoms with Crippen LogP contribution in [0.5, 0.6) is 0 Å². The minimum atomic E-state index is -0.284. The van der Waals surface area contributed by atoms with Crippen LogP contribution in [0.2, 0.25) is 5.15 Å². The van der Waals surface area contributed by atoms with Crippen LogP contribution in [0.1, 0.15) is 53.8 Å². The Morgan fingerprint density at radius 3 is 2.73 bits per heavy atom. The van der Waals surface area contributed by atoms with Gasteiger partial charge in [0.15, 0.2) is 17.2 Å². The average molecular weight is 421 g/mol. The molecule has 2 fully saturated rings. The van der Waals surface area contributed by atoms with Crippen molar-refractivity contribution in [2.75, 3.05) is 5.32 Å². The lowest BCUT2D eigenvalue weighted by Gasteiger charge is -2.23. The summed E-state index contributed by atoms with van der Waals surface area (Å²) in [6.07, 6.45) is 5.32. The number of halogens is 1. The quantitative estimate of drug-likeness (QED) is 0.735. The molecule has 4 rings (SSSR count). The summed E-state index contributed by atoms with van der Waals surface area (Å²) in [6.45, 7) is 1.79. The second-order valence-electron chi connectivity index (χ2n) is 7.90. The van der Waals surface area contributed by atoms with Crippen molar-refractivity contribution >= 4 is 23.3 Å². The summed E-state index contributed by atoms with van der Waals surface area (Å²) in [5, 5.41) is 21.8. The Kier molecular flexibility index (Phi) is 5.57. The average Bonchev–Trinajstić information content (AvgIpc) is 3.33. The molecule has 30 heavy (non-hydrogen) atoms. The number of nitrogens with zero attached hydrogens (tertiary/aromatic N) is 5. The Bertz CT molecular complexity index is 1040. The Morgan fingerprint density at radius 1 is 1.30 bits per heavy atom. The lowest BCUT2D eigenvalue weighted by atomic mass is 9.86. The highest BCUT2D eigenvalue weighted by molar-refractivity contribution is 6.30. The van der Waals surface area contributed by atoms with Crippen molar-refractivity contribution in [3.05, 3.63) is 52.4 Å². The minimum absolute atomic E-state index is 0.0260. The van der Waals surface area contributed by atoms with E-state index in [0.717, 1.165) is 19.3 Å². The third-order valence-corrected chi connectivity index (χ3v) is 6.24. The maximum atomic E-state index is 12.8. The highest BCUT2D eigenvalue weighted by Crippen LogP contribution is 2.47. The van der Waals surface area contributed by atoms with Crippen LogP contribution < -0.4 is 5.32 Å². The van der Waals surface area contributed by atoms with Gasteiger partial charge in [-0.2, -0.15) is 10.5 Å². The Labute approximate surface area is 180 Å². The van der Waals surface area contributed by atoms with Gasteiger partial charge in [-0.05, 0) is 38.3 Å². The largest absolute Gasteiger partial charge is 0.305 e. The number of hydrogen-bond donors (Lipinski definition) is 1. The van der Waals surface area contributed by atoms with E-state index < -0.39 is 0 Å². The normalized spacial score (nSPS) is 22.9. The predicted molar refractivity (Wildman–Crippen MR) is 112 cm³/mol. The Hall–Kier alpha value is -3.16. The molecule has 0 spiro atoms. The van der Waals surface area contributed by atoms with Gasteiger partial charge in [-0.3, -0.25) is 4.79 Å². The number of carbonyl (C=O) groups excluding carboxylic acids is 1. The van der Waals surface area contributed by atoms with Crippen LogP contribution in [0.3, 0.4) is 0 Å². The minimum Gasteiger partial charge on any atom is -0.305 e. The fraction of sp³-hybridized carbons (Fsp3) is 0.409. The molecule has 1 aromatic heterocycles. The van der Waals surface area contributed by atoms with E-state index in [9.17, 15) is 10.1 Å². The van der Waals surface area contributed by atoms with Crippen molar-refractivity contribution in [2.24, 2.45) is 5.92 Å². The number of nitrogens with one attached hydrogen (secondary N) is 1. The molecule has 2 aliphatic heterocycles. The number of carbonyl (C=O) groups is 1. The van der Waals surface area contributed by atoms with E-state index in [1.807, 2.05) is 11.0 Å². The predicted octanol–water partition coefficient (Wildman–Crippen LogP) is 3.89. The summed E-state index contributed by atoms with van der Waals surface area (Å²) in [6, 6.07) is 11.3. The van der Waals surface area contributed by atoms with Crippen molar-refractivity contribution in [2.45, 2.75) is 50.6 Å². The molecule has 7 nitrogen and oxygen atoms in total. The van der Waals surface area contributed by atoms with Gasteiger partial charge < -0.3 is 10.2 Å². The van der Waals surface area contributed by atoms with Gasteiger partial charge >= 0.3 is 0 Å². The fourth-order valence-corrected chi connectivity index (χ4v) is 4.70. The number of aromatic nitrogens is 2. The van der Waals surface area contributed by atoms with E-state index in [2.05, 4.69) is 27.5 Å².